The van der Waals surface area contributed by atoms with Gasteiger partial charge in [0.05, 0.1) is 30.2 Å². The number of rotatable bonds is 12. The average molecular weight is 714 g/mol. The van der Waals surface area contributed by atoms with E-state index in [4.69, 9.17) is 4.74 Å². The number of alkyl halides is 3. The van der Waals surface area contributed by atoms with Gasteiger partial charge >= 0.3 is 6.18 Å². The van der Waals surface area contributed by atoms with Gasteiger partial charge in [-0.3, -0.25) is 24.3 Å². The minimum atomic E-state index is -4.49. The van der Waals surface area contributed by atoms with Gasteiger partial charge < -0.3 is 20.3 Å². The fourth-order valence-electron chi connectivity index (χ4n) is 6.52. The van der Waals surface area contributed by atoms with Crippen molar-refractivity contribution in [1.82, 2.24) is 15.2 Å². The van der Waals surface area contributed by atoms with E-state index in [9.17, 15) is 27.6 Å². The minimum absolute atomic E-state index is 0.0261. The molecule has 0 atom stereocenters. The third kappa shape index (κ3) is 9.62. The Balaban J connectivity index is 1.19. The number of benzene rings is 3. The molecule has 12 heteroatoms. The summed E-state index contributed by atoms with van der Waals surface area (Å²) < 4.78 is 45.0. The number of halogens is 3. The summed E-state index contributed by atoms with van der Waals surface area (Å²) in [6, 6.07) is 20.4. The number of pyridine rings is 1. The summed E-state index contributed by atoms with van der Waals surface area (Å²) >= 11 is 0. The van der Waals surface area contributed by atoms with E-state index in [1.807, 2.05) is 18.2 Å². The Morgan fingerprint density at radius 3 is 2.33 bits per heavy atom. The lowest BCUT2D eigenvalue weighted by Gasteiger charge is -2.29. The second-order valence-electron chi connectivity index (χ2n) is 13.1. The number of hydrogen-bond acceptors (Lipinski definition) is 7. The number of ether oxygens (including phenoxy) is 1. The molecule has 2 N–H and O–H groups in total. The van der Waals surface area contributed by atoms with Crippen LogP contribution in [0.15, 0.2) is 85.1 Å². The molecule has 272 valence electrons. The van der Waals surface area contributed by atoms with Crippen LogP contribution in [-0.2, 0) is 17.5 Å². The van der Waals surface area contributed by atoms with Gasteiger partial charge in [0.15, 0.2) is 5.78 Å². The van der Waals surface area contributed by atoms with Crippen LogP contribution in [0.4, 0.5) is 24.5 Å². The fourth-order valence-corrected chi connectivity index (χ4v) is 6.52. The molecule has 52 heavy (non-hydrogen) atoms. The zero-order valence-electron chi connectivity index (χ0n) is 28.9. The molecule has 0 saturated carbocycles. The Morgan fingerprint density at radius 2 is 1.54 bits per heavy atom. The molecule has 2 aliphatic heterocycles. The lowest BCUT2D eigenvalue weighted by molar-refractivity contribution is -0.137. The second-order valence-corrected chi connectivity index (χ2v) is 13.1. The first-order valence-corrected chi connectivity index (χ1v) is 17.7. The maximum absolute atomic E-state index is 13.7. The van der Waals surface area contributed by atoms with Crippen LogP contribution < -0.4 is 15.5 Å². The molecule has 0 aliphatic carbocycles. The molecule has 6 rings (SSSR count). The van der Waals surface area contributed by atoms with Gasteiger partial charge in [-0.15, -0.1) is 0 Å². The van der Waals surface area contributed by atoms with Gasteiger partial charge in [-0.05, 0) is 92.4 Å². The zero-order valence-corrected chi connectivity index (χ0v) is 28.9. The molecular weight excluding hydrogens is 671 g/mol. The summed E-state index contributed by atoms with van der Waals surface area (Å²) in [5.41, 5.74) is 3.06. The number of aromatic nitrogens is 1. The van der Waals surface area contributed by atoms with E-state index < -0.39 is 23.6 Å². The summed E-state index contributed by atoms with van der Waals surface area (Å²) in [4.78, 5) is 49.0. The number of nitrogens with one attached hydrogen (secondary N) is 2. The highest BCUT2D eigenvalue weighted by Gasteiger charge is 2.30. The van der Waals surface area contributed by atoms with Crippen LogP contribution in [0.3, 0.4) is 0 Å². The van der Waals surface area contributed by atoms with Gasteiger partial charge in [-0.2, -0.15) is 13.2 Å². The number of hydrogen-bond donors (Lipinski definition) is 2. The van der Waals surface area contributed by atoms with E-state index in [0.29, 0.717) is 53.3 Å². The predicted octanol–water partition coefficient (Wildman–Crippen LogP) is 7.24. The minimum Gasteiger partial charge on any atom is -0.379 e. The zero-order chi connectivity index (χ0) is 36.5. The Morgan fingerprint density at radius 1 is 0.788 bits per heavy atom. The molecule has 2 saturated heterocycles. The van der Waals surface area contributed by atoms with Crippen molar-refractivity contribution in [2.24, 2.45) is 0 Å². The smallest absolute Gasteiger partial charge is 0.379 e. The molecule has 3 aromatic carbocycles. The van der Waals surface area contributed by atoms with Crippen molar-refractivity contribution in [3.05, 3.63) is 113 Å². The molecule has 1 aromatic heterocycles. The normalized spacial score (nSPS) is 15.2. The van der Waals surface area contributed by atoms with Crippen LogP contribution >= 0.6 is 0 Å². The van der Waals surface area contributed by atoms with Gasteiger partial charge in [0, 0.05) is 73.3 Å². The van der Waals surface area contributed by atoms with Crippen LogP contribution in [0.5, 0.6) is 0 Å². The van der Waals surface area contributed by atoms with Crippen LogP contribution in [0, 0.1) is 0 Å². The number of amides is 2. The fraction of sp³-hybridized carbons (Fsp3) is 0.350. The van der Waals surface area contributed by atoms with Crippen molar-refractivity contribution < 1.29 is 32.3 Å². The van der Waals surface area contributed by atoms with Crippen LogP contribution in [0.2, 0.25) is 0 Å². The summed E-state index contributed by atoms with van der Waals surface area (Å²) in [5.74, 6) is -0.906. The van der Waals surface area contributed by atoms with Gasteiger partial charge in [0.2, 0.25) is 0 Å². The highest BCUT2D eigenvalue weighted by Crippen LogP contribution is 2.33. The van der Waals surface area contributed by atoms with Gasteiger partial charge in [0.25, 0.3) is 11.8 Å². The molecule has 2 fully saturated rings. The Hall–Kier alpha value is -5.07. The maximum Gasteiger partial charge on any atom is 0.416 e. The van der Waals surface area contributed by atoms with Crippen molar-refractivity contribution in [3.63, 3.8) is 0 Å². The summed E-state index contributed by atoms with van der Waals surface area (Å²) in [7, 11) is 0. The first-order valence-electron chi connectivity index (χ1n) is 17.7. The number of carbonyl (C=O) groups is 3. The van der Waals surface area contributed by atoms with E-state index >= 15 is 0 Å². The predicted molar refractivity (Wildman–Crippen MR) is 194 cm³/mol. The SMILES string of the molecule is O=C(CCCN1CCOCC1)c1cccc(C(=O)Nc2ccc(N3CCCCC3)cc2-c2cc(C(=O)NCc3cccc(C(F)(F)F)c3)ccn2)c1. The lowest BCUT2D eigenvalue weighted by atomic mass is 10.0. The first kappa shape index (κ1) is 36.7. The number of anilines is 2. The molecule has 2 amide bonds. The monoisotopic (exact) mass is 713 g/mol. The molecule has 0 radical (unpaired) electrons. The molecule has 0 unspecified atom stereocenters. The number of ketones is 1. The van der Waals surface area contributed by atoms with E-state index in [1.165, 1.54) is 24.4 Å². The quantitative estimate of drug-likeness (QED) is 0.149. The largest absolute Gasteiger partial charge is 0.416 e. The van der Waals surface area contributed by atoms with Gasteiger partial charge in [0.1, 0.15) is 0 Å². The molecular formula is C40H42F3N5O4. The van der Waals surface area contributed by atoms with E-state index in [1.54, 1.807) is 30.3 Å². The number of carbonyl (C=O) groups excluding carboxylic acids is 3. The number of nitrogens with zero attached hydrogens (tertiary/aromatic N) is 3. The van der Waals surface area contributed by atoms with Crippen molar-refractivity contribution in [2.75, 3.05) is 56.2 Å². The van der Waals surface area contributed by atoms with Crippen LogP contribution in [-0.4, -0.2) is 73.4 Å². The molecule has 4 aromatic rings. The average Bonchev–Trinajstić information content (AvgIpc) is 3.17. The lowest BCUT2D eigenvalue weighted by Crippen LogP contribution is -2.36. The Labute approximate surface area is 301 Å². The standard InChI is InChI=1S/C40H42F3N5O4/c41-40(42,43)32-10-4-7-28(23-32)27-45-38(50)31-14-15-44-36(25-31)34-26-33(48-17-2-1-3-18-48)12-13-35(34)46-39(51)30-9-5-8-29(24-30)37(49)11-6-16-47-19-21-52-22-20-47/h4-5,7-10,12-15,23-26H,1-3,6,11,16-22,27H2,(H,45,50)(H,46,51). The Kier molecular flexibility index (Phi) is 12.0. The van der Waals surface area contributed by atoms with Gasteiger partial charge in [-0.1, -0.05) is 24.3 Å². The maximum atomic E-state index is 13.7. The molecule has 0 bridgehead atoms. The third-order valence-corrected chi connectivity index (χ3v) is 9.41. The summed E-state index contributed by atoms with van der Waals surface area (Å²) in [6.07, 6.45) is 1.39. The second kappa shape index (κ2) is 17.0. The molecule has 3 heterocycles. The highest BCUT2D eigenvalue weighted by molar-refractivity contribution is 6.08. The van der Waals surface area contributed by atoms with Crippen LogP contribution in [0.1, 0.15) is 74.3 Å². The number of Topliss-reactive ketones (excluding diaryl/α,β-unsaturated/α-hetero) is 1. The number of piperidine rings is 1. The summed E-state index contributed by atoms with van der Waals surface area (Å²) in [5, 5.41) is 5.70. The van der Waals surface area contributed by atoms with E-state index in [-0.39, 0.29) is 17.9 Å². The molecule has 0 spiro atoms. The van der Waals surface area contributed by atoms with Crippen molar-refractivity contribution in [2.45, 2.75) is 44.8 Å². The highest BCUT2D eigenvalue weighted by atomic mass is 19.4. The Bertz CT molecular complexity index is 1890. The van der Waals surface area contributed by atoms with Crippen LogP contribution in [0.25, 0.3) is 11.3 Å². The van der Waals surface area contributed by atoms with Crippen molar-refractivity contribution in [3.8, 4) is 11.3 Å². The topological polar surface area (TPSA) is 104 Å². The molecule has 2 aliphatic rings. The van der Waals surface area contributed by atoms with E-state index in [2.05, 4.69) is 25.4 Å². The van der Waals surface area contributed by atoms with E-state index in [0.717, 1.165) is 76.2 Å². The van der Waals surface area contributed by atoms with Crippen molar-refractivity contribution in [1.29, 1.82) is 0 Å². The third-order valence-electron chi connectivity index (χ3n) is 9.41. The summed E-state index contributed by atoms with van der Waals surface area (Å²) in [6.45, 7) is 5.64. The number of morpholine rings is 1. The molecule has 9 nitrogen and oxygen atoms in total. The van der Waals surface area contributed by atoms with Crippen molar-refractivity contribution >= 4 is 29.0 Å². The van der Waals surface area contributed by atoms with Gasteiger partial charge in [-0.25, -0.2) is 0 Å². The first-order chi connectivity index (χ1) is 25.1.